The summed E-state index contributed by atoms with van der Waals surface area (Å²) in [5.41, 5.74) is 3.46. The summed E-state index contributed by atoms with van der Waals surface area (Å²) >= 11 is 12.6. The van der Waals surface area contributed by atoms with Crippen molar-refractivity contribution in [1.82, 2.24) is 24.6 Å². The third-order valence-electron chi connectivity index (χ3n) is 7.30. The Labute approximate surface area is 219 Å². The van der Waals surface area contributed by atoms with Crippen molar-refractivity contribution in [2.24, 2.45) is 5.92 Å². The van der Waals surface area contributed by atoms with E-state index in [1.54, 1.807) is 6.07 Å². The van der Waals surface area contributed by atoms with Crippen molar-refractivity contribution in [3.8, 4) is 0 Å². The Balaban J connectivity index is 1.58. The molecule has 0 bridgehead atoms. The zero-order chi connectivity index (χ0) is 25.1. The molecule has 3 aromatic rings. The lowest BCUT2D eigenvalue weighted by Crippen LogP contribution is -2.51. The topological polar surface area (TPSA) is 50.1 Å². The molecule has 2 aromatic heterocycles. The average molecular weight is 518 g/mol. The molecule has 4 rings (SSSR count). The maximum Gasteiger partial charge on any atom is 0.179 e. The van der Waals surface area contributed by atoms with Gasteiger partial charge in [-0.15, -0.1) is 0 Å². The molecule has 3 atom stereocenters. The van der Waals surface area contributed by atoms with E-state index >= 15 is 0 Å². The van der Waals surface area contributed by atoms with E-state index in [2.05, 4.69) is 37.5 Å². The number of fused-ring (bicyclic) bond motifs is 1. The first-order valence-electron chi connectivity index (χ1n) is 13.0. The predicted octanol–water partition coefficient (Wildman–Crippen LogP) is 6.78. The molecule has 1 aliphatic heterocycles. The minimum atomic E-state index is -0.0913. The van der Waals surface area contributed by atoms with Crippen LogP contribution < -0.4 is 4.90 Å². The second kappa shape index (κ2) is 11.4. The quantitative estimate of drug-likeness (QED) is 0.313. The molecule has 0 saturated carbocycles. The predicted molar refractivity (Wildman–Crippen MR) is 147 cm³/mol. The van der Waals surface area contributed by atoms with Crippen LogP contribution in [0.3, 0.4) is 0 Å². The molecule has 6 nitrogen and oxygen atoms in total. The number of halogens is 2. The van der Waals surface area contributed by atoms with E-state index in [4.69, 9.17) is 38.3 Å². The lowest BCUT2D eigenvalue weighted by Gasteiger charge is -2.43. The van der Waals surface area contributed by atoms with Gasteiger partial charge in [0, 0.05) is 29.2 Å². The molecule has 0 spiro atoms. The van der Waals surface area contributed by atoms with Gasteiger partial charge >= 0.3 is 0 Å². The van der Waals surface area contributed by atoms with Crippen molar-refractivity contribution in [2.75, 3.05) is 31.1 Å². The van der Waals surface area contributed by atoms with Crippen molar-refractivity contribution in [1.29, 1.82) is 0 Å². The van der Waals surface area contributed by atoms with Gasteiger partial charge in [0.15, 0.2) is 5.65 Å². The summed E-state index contributed by atoms with van der Waals surface area (Å²) in [6.45, 7) is 15.4. The molecule has 35 heavy (non-hydrogen) atoms. The van der Waals surface area contributed by atoms with Crippen LogP contribution >= 0.6 is 23.2 Å². The Morgan fingerprint density at radius 3 is 2.66 bits per heavy atom. The Bertz CT molecular complexity index is 1150. The fourth-order valence-corrected chi connectivity index (χ4v) is 5.98. The van der Waals surface area contributed by atoms with Crippen LogP contribution in [0.4, 0.5) is 5.82 Å². The number of hydrogen-bond donors (Lipinski definition) is 0. The van der Waals surface area contributed by atoms with Crippen LogP contribution in [0.25, 0.3) is 11.2 Å². The summed E-state index contributed by atoms with van der Waals surface area (Å²) in [5.74, 6) is 1.50. The minimum absolute atomic E-state index is 0.0913. The van der Waals surface area contributed by atoms with Gasteiger partial charge in [-0.05, 0) is 69.8 Å². The highest BCUT2D eigenvalue weighted by molar-refractivity contribution is 6.35. The van der Waals surface area contributed by atoms with Gasteiger partial charge in [-0.25, -0.2) is 14.6 Å². The molecular weight excluding hydrogens is 479 g/mol. The minimum Gasteiger partial charge on any atom is -0.355 e. The van der Waals surface area contributed by atoms with E-state index in [9.17, 15) is 0 Å². The molecule has 1 saturated heterocycles. The number of benzene rings is 1. The van der Waals surface area contributed by atoms with Crippen molar-refractivity contribution < 1.29 is 0 Å². The lowest BCUT2D eigenvalue weighted by molar-refractivity contribution is 0.126. The smallest absolute Gasteiger partial charge is 0.179 e. The van der Waals surface area contributed by atoms with Gasteiger partial charge in [-0.3, -0.25) is 4.90 Å². The normalized spacial score (nSPS) is 19.6. The summed E-state index contributed by atoms with van der Waals surface area (Å²) < 4.78 is 1.94. The van der Waals surface area contributed by atoms with E-state index in [0.717, 1.165) is 47.7 Å². The van der Waals surface area contributed by atoms with Crippen molar-refractivity contribution in [3.63, 3.8) is 0 Å². The van der Waals surface area contributed by atoms with Gasteiger partial charge in [-0.2, -0.15) is 5.10 Å². The first-order chi connectivity index (χ1) is 16.8. The average Bonchev–Trinajstić information content (AvgIpc) is 3.17. The van der Waals surface area contributed by atoms with Gasteiger partial charge in [-0.1, -0.05) is 56.5 Å². The number of nitrogens with zero attached hydrogens (tertiary/aromatic N) is 6. The molecule has 0 aliphatic carbocycles. The van der Waals surface area contributed by atoms with Gasteiger partial charge in [0.25, 0.3) is 0 Å². The number of rotatable bonds is 9. The summed E-state index contributed by atoms with van der Waals surface area (Å²) in [6.07, 6.45) is 6.79. The van der Waals surface area contributed by atoms with Crippen LogP contribution in [0.1, 0.15) is 70.7 Å². The second-order valence-corrected chi connectivity index (χ2v) is 10.8. The zero-order valence-electron chi connectivity index (χ0n) is 21.6. The first kappa shape index (κ1) is 26.2. The number of piperidine rings is 1. The van der Waals surface area contributed by atoms with Crippen molar-refractivity contribution in [3.05, 3.63) is 45.7 Å². The number of anilines is 1. The molecule has 3 heterocycles. The van der Waals surface area contributed by atoms with E-state index in [1.165, 1.54) is 32.4 Å². The van der Waals surface area contributed by atoms with Crippen molar-refractivity contribution in [2.45, 2.75) is 72.4 Å². The van der Waals surface area contributed by atoms with Gasteiger partial charge in [0.05, 0.1) is 17.9 Å². The van der Waals surface area contributed by atoms with Gasteiger partial charge < -0.3 is 4.90 Å². The number of unbranched alkanes of at least 4 members (excludes halogenated alkanes) is 1. The highest BCUT2D eigenvalue weighted by Gasteiger charge is 2.31. The largest absolute Gasteiger partial charge is 0.355 e. The van der Waals surface area contributed by atoms with Crippen LogP contribution in [0, 0.1) is 12.8 Å². The standard InChI is InChI=1S/C27H38Cl2N6/c1-6-8-13-33(12-7-2)24-11-14-34(17-18(24)3)25-16-30-26-19(4)32-35(27(26)31-25)20(5)22-10-9-21(28)15-23(22)29/h9-10,15-16,18,20,24H,6-8,11-14,17H2,1-5H3/t18-,20?,24?/m0/s1. The third-order valence-corrected chi connectivity index (χ3v) is 7.86. The number of aryl methyl sites for hydroxylation is 1. The molecule has 0 amide bonds. The maximum atomic E-state index is 6.52. The second-order valence-electron chi connectivity index (χ2n) is 9.94. The Kier molecular flexibility index (Phi) is 8.56. The van der Waals surface area contributed by atoms with E-state index in [0.29, 0.717) is 22.0 Å². The molecule has 1 aliphatic rings. The molecule has 8 heteroatoms. The lowest BCUT2D eigenvalue weighted by atomic mass is 9.92. The third kappa shape index (κ3) is 5.60. The summed E-state index contributed by atoms with van der Waals surface area (Å²) in [5, 5.41) is 6.04. The monoisotopic (exact) mass is 516 g/mol. The maximum absolute atomic E-state index is 6.52. The Morgan fingerprint density at radius 2 is 1.97 bits per heavy atom. The number of aromatic nitrogens is 4. The van der Waals surface area contributed by atoms with E-state index in [-0.39, 0.29) is 6.04 Å². The van der Waals surface area contributed by atoms with Crippen LogP contribution in [-0.2, 0) is 0 Å². The summed E-state index contributed by atoms with van der Waals surface area (Å²) in [4.78, 5) is 15.0. The SMILES string of the molecule is CCCCN(CCC)C1CCN(c2cnc3c(C)nn(C(C)c4ccc(Cl)cc4Cl)c3n2)C[C@@H]1C. The Morgan fingerprint density at radius 1 is 1.17 bits per heavy atom. The van der Waals surface area contributed by atoms with Gasteiger partial charge in [0.1, 0.15) is 11.3 Å². The molecule has 0 radical (unpaired) electrons. The Hall–Kier alpha value is -1.89. The van der Waals surface area contributed by atoms with E-state index in [1.807, 2.05) is 29.9 Å². The molecule has 1 fully saturated rings. The van der Waals surface area contributed by atoms with Crippen LogP contribution in [-0.4, -0.2) is 56.9 Å². The summed E-state index contributed by atoms with van der Waals surface area (Å²) in [7, 11) is 0. The van der Waals surface area contributed by atoms with Crippen LogP contribution in [0.15, 0.2) is 24.4 Å². The summed E-state index contributed by atoms with van der Waals surface area (Å²) in [6, 6.07) is 6.14. The fourth-order valence-electron chi connectivity index (χ4n) is 5.41. The fraction of sp³-hybridized carbons (Fsp3) is 0.593. The highest BCUT2D eigenvalue weighted by atomic mass is 35.5. The van der Waals surface area contributed by atoms with Crippen LogP contribution in [0.5, 0.6) is 0 Å². The molecule has 2 unspecified atom stereocenters. The molecule has 1 aromatic carbocycles. The highest BCUT2D eigenvalue weighted by Crippen LogP contribution is 2.32. The zero-order valence-corrected chi connectivity index (χ0v) is 23.1. The van der Waals surface area contributed by atoms with Crippen molar-refractivity contribution >= 4 is 40.2 Å². The van der Waals surface area contributed by atoms with E-state index < -0.39 is 0 Å². The van der Waals surface area contributed by atoms with Gasteiger partial charge in [0.2, 0.25) is 0 Å². The first-order valence-corrected chi connectivity index (χ1v) is 13.7. The molecule has 190 valence electrons. The molecule has 0 N–H and O–H groups in total. The molecular formula is C27H38Cl2N6. The number of hydrogen-bond acceptors (Lipinski definition) is 5. The van der Waals surface area contributed by atoms with Crippen LogP contribution in [0.2, 0.25) is 10.0 Å².